The molecule has 0 aliphatic carbocycles. The van der Waals surface area contributed by atoms with Gasteiger partial charge in [-0.15, -0.1) is 0 Å². The van der Waals surface area contributed by atoms with Crippen LogP contribution in [0.15, 0.2) is 48.7 Å². The van der Waals surface area contributed by atoms with Crippen LogP contribution in [0.4, 0.5) is 4.79 Å². The molecule has 3 heterocycles. The van der Waals surface area contributed by atoms with Crippen LogP contribution in [0.1, 0.15) is 28.9 Å². The highest BCUT2D eigenvalue weighted by molar-refractivity contribution is 6.04. The van der Waals surface area contributed by atoms with E-state index in [-0.39, 0.29) is 30.8 Å². The molecule has 2 aliphatic heterocycles. The summed E-state index contributed by atoms with van der Waals surface area (Å²) in [4.78, 5) is 46.2. The van der Waals surface area contributed by atoms with Gasteiger partial charge in [-0.3, -0.25) is 19.5 Å². The van der Waals surface area contributed by atoms with Crippen LogP contribution < -0.4 is 10.1 Å². The number of carbonyl (C=O) groups is 3. The van der Waals surface area contributed by atoms with Crippen LogP contribution in [0.3, 0.4) is 0 Å². The number of rotatable bonds is 6. The second kappa shape index (κ2) is 8.62. The van der Waals surface area contributed by atoms with Gasteiger partial charge in [0.2, 0.25) is 5.91 Å². The number of piperidine rings is 1. The summed E-state index contributed by atoms with van der Waals surface area (Å²) in [6.45, 7) is 0.704. The van der Waals surface area contributed by atoms with E-state index in [9.17, 15) is 14.4 Å². The van der Waals surface area contributed by atoms with Gasteiger partial charge in [0.05, 0.1) is 31.9 Å². The minimum absolute atomic E-state index is 0.0800. The molecule has 2 saturated heterocycles. The van der Waals surface area contributed by atoms with Crippen LogP contribution in [0, 0.1) is 0 Å². The highest BCUT2D eigenvalue weighted by Crippen LogP contribution is 2.26. The molecule has 2 aliphatic rings. The quantitative estimate of drug-likeness (QED) is 0.734. The van der Waals surface area contributed by atoms with Crippen LogP contribution in [0.5, 0.6) is 5.75 Å². The number of hydrogen-bond donors (Lipinski definition) is 1. The van der Waals surface area contributed by atoms with Crippen molar-refractivity contribution in [1.82, 2.24) is 20.1 Å². The van der Waals surface area contributed by atoms with E-state index in [4.69, 9.17) is 4.74 Å². The van der Waals surface area contributed by atoms with Crippen molar-refractivity contribution in [3.63, 3.8) is 0 Å². The number of aromatic nitrogens is 1. The molecule has 1 aromatic heterocycles. The van der Waals surface area contributed by atoms with Crippen molar-refractivity contribution >= 4 is 17.7 Å². The van der Waals surface area contributed by atoms with Crippen molar-refractivity contribution in [3.05, 3.63) is 59.9 Å². The number of fused-ring (bicyclic) bond motifs is 1. The lowest BCUT2D eigenvalue weighted by Crippen LogP contribution is -2.69. The first-order valence-corrected chi connectivity index (χ1v) is 10.0. The van der Waals surface area contributed by atoms with Gasteiger partial charge in [-0.25, -0.2) is 4.79 Å². The first-order chi connectivity index (χ1) is 14.6. The summed E-state index contributed by atoms with van der Waals surface area (Å²) in [5, 5.41) is 3.23. The van der Waals surface area contributed by atoms with E-state index in [1.807, 2.05) is 6.07 Å². The zero-order valence-corrected chi connectivity index (χ0v) is 16.8. The lowest BCUT2D eigenvalue weighted by molar-refractivity contribution is -0.137. The van der Waals surface area contributed by atoms with Crippen LogP contribution in [-0.2, 0) is 11.3 Å². The molecule has 0 spiro atoms. The van der Waals surface area contributed by atoms with Gasteiger partial charge in [-0.1, -0.05) is 6.07 Å². The number of benzene rings is 1. The second-order valence-electron chi connectivity index (χ2n) is 7.45. The maximum Gasteiger partial charge on any atom is 0.327 e. The number of urea groups is 1. The summed E-state index contributed by atoms with van der Waals surface area (Å²) in [6, 6.07) is 10.9. The standard InChI is InChI=1S/C22H24N4O4/c1-30-17-9-7-15(8-10-17)19(27)14-25-18-6-4-12-24-20(18)21(28)26(22(25)29)13-16-5-2-3-11-23-16/h2-3,5,7-11,18,20,24H,4,6,12-14H2,1H3. The van der Waals surface area contributed by atoms with Gasteiger partial charge >= 0.3 is 6.03 Å². The zero-order valence-electron chi connectivity index (χ0n) is 16.8. The number of Topliss-reactive ketones (excluding diaryl/α,β-unsaturated/α-hetero) is 1. The Morgan fingerprint density at radius 3 is 2.70 bits per heavy atom. The Morgan fingerprint density at radius 2 is 2.00 bits per heavy atom. The summed E-state index contributed by atoms with van der Waals surface area (Å²) < 4.78 is 5.13. The summed E-state index contributed by atoms with van der Waals surface area (Å²) in [7, 11) is 1.56. The molecule has 8 nitrogen and oxygen atoms in total. The maximum absolute atomic E-state index is 13.3. The molecule has 2 unspecified atom stereocenters. The zero-order chi connectivity index (χ0) is 21.1. The Kier molecular flexibility index (Phi) is 5.76. The molecular weight excluding hydrogens is 384 g/mol. The predicted octanol–water partition coefficient (Wildman–Crippen LogP) is 1.86. The summed E-state index contributed by atoms with van der Waals surface area (Å²) in [5.74, 6) is 0.218. The molecule has 156 valence electrons. The molecule has 30 heavy (non-hydrogen) atoms. The highest BCUT2D eigenvalue weighted by Gasteiger charge is 2.47. The van der Waals surface area contributed by atoms with E-state index >= 15 is 0 Å². The van der Waals surface area contributed by atoms with Crippen molar-refractivity contribution in [3.8, 4) is 5.75 Å². The average molecular weight is 408 g/mol. The van der Waals surface area contributed by atoms with Crippen molar-refractivity contribution in [2.24, 2.45) is 0 Å². The Hall–Kier alpha value is -3.26. The maximum atomic E-state index is 13.3. The first kappa shape index (κ1) is 20.0. The molecular formula is C22H24N4O4. The predicted molar refractivity (Wildman–Crippen MR) is 109 cm³/mol. The number of ether oxygens (including phenoxy) is 1. The Labute approximate surface area is 174 Å². The number of hydrogen-bond acceptors (Lipinski definition) is 6. The topological polar surface area (TPSA) is 91.8 Å². The van der Waals surface area contributed by atoms with E-state index in [1.54, 1.807) is 49.7 Å². The largest absolute Gasteiger partial charge is 0.497 e. The van der Waals surface area contributed by atoms with Gasteiger partial charge in [0, 0.05) is 11.8 Å². The van der Waals surface area contributed by atoms with E-state index in [1.165, 1.54) is 9.80 Å². The van der Waals surface area contributed by atoms with Gasteiger partial charge in [0.1, 0.15) is 11.8 Å². The molecule has 0 radical (unpaired) electrons. The number of ketones is 1. The van der Waals surface area contributed by atoms with E-state index < -0.39 is 12.1 Å². The minimum Gasteiger partial charge on any atom is -0.497 e. The Balaban J connectivity index is 1.58. The lowest BCUT2D eigenvalue weighted by atomic mass is 9.93. The molecule has 2 atom stereocenters. The molecule has 8 heteroatoms. The number of nitrogens with one attached hydrogen (secondary N) is 1. The number of pyridine rings is 1. The highest BCUT2D eigenvalue weighted by atomic mass is 16.5. The minimum atomic E-state index is -0.510. The van der Waals surface area contributed by atoms with Crippen LogP contribution in [0.2, 0.25) is 0 Å². The first-order valence-electron chi connectivity index (χ1n) is 10.0. The van der Waals surface area contributed by atoms with Crippen molar-refractivity contribution in [1.29, 1.82) is 0 Å². The molecule has 3 amide bonds. The molecule has 4 rings (SSSR count). The summed E-state index contributed by atoms with van der Waals surface area (Å²) in [6.07, 6.45) is 3.15. The fourth-order valence-electron chi connectivity index (χ4n) is 4.03. The Morgan fingerprint density at radius 1 is 1.20 bits per heavy atom. The van der Waals surface area contributed by atoms with Crippen molar-refractivity contribution in [2.45, 2.75) is 31.5 Å². The molecule has 2 fully saturated rings. The van der Waals surface area contributed by atoms with E-state index in [0.29, 0.717) is 30.0 Å². The third-order valence-electron chi connectivity index (χ3n) is 5.61. The molecule has 2 aromatic rings. The molecule has 1 aromatic carbocycles. The number of carbonyl (C=O) groups excluding carboxylic acids is 3. The summed E-state index contributed by atoms with van der Waals surface area (Å²) >= 11 is 0. The fourth-order valence-corrected chi connectivity index (χ4v) is 4.03. The van der Waals surface area contributed by atoms with Gasteiger partial charge in [-0.2, -0.15) is 0 Å². The number of imide groups is 1. The van der Waals surface area contributed by atoms with Gasteiger partial charge in [-0.05, 0) is 55.8 Å². The lowest BCUT2D eigenvalue weighted by Gasteiger charge is -2.46. The van der Waals surface area contributed by atoms with E-state index in [0.717, 1.165) is 6.42 Å². The van der Waals surface area contributed by atoms with Crippen molar-refractivity contribution < 1.29 is 19.1 Å². The molecule has 0 saturated carbocycles. The Bertz CT molecular complexity index is 932. The van der Waals surface area contributed by atoms with Crippen LogP contribution in [-0.4, -0.2) is 64.8 Å². The smallest absolute Gasteiger partial charge is 0.327 e. The number of methoxy groups -OCH3 is 1. The van der Waals surface area contributed by atoms with E-state index in [2.05, 4.69) is 10.3 Å². The average Bonchev–Trinajstić information content (AvgIpc) is 2.80. The normalized spacial score (nSPS) is 21.4. The fraction of sp³-hybridized carbons (Fsp3) is 0.364. The third kappa shape index (κ3) is 3.91. The van der Waals surface area contributed by atoms with Gasteiger partial charge in [0.15, 0.2) is 5.78 Å². The number of nitrogens with zero attached hydrogens (tertiary/aromatic N) is 3. The second-order valence-corrected chi connectivity index (χ2v) is 7.45. The van der Waals surface area contributed by atoms with Gasteiger partial charge in [0.25, 0.3) is 0 Å². The molecule has 1 N–H and O–H groups in total. The number of amides is 3. The summed E-state index contributed by atoms with van der Waals surface area (Å²) in [5.41, 5.74) is 1.12. The molecule has 0 bridgehead atoms. The third-order valence-corrected chi connectivity index (χ3v) is 5.61. The van der Waals surface area contributed by atoms with Crippen molar-refractivity contribution in [2.75, 3.05) is 20.2 Å². The van der Waals surface area contributed by atoms with Crippen LogP contribution in [0.25, 0.3) is 0 Å². The monoisotopic (exact) mass is 408 g/mol. The van der Waals surface area contributed by atoms with Crippen LogP contribution >= 0.6 is 0 Å². The SMILES string of the molecule is COc1ccc(C(=O)CN2C(=O)N(Cc3ccccn3)C(=O)C3NCCCC32)cc1. The van der Waals surface area contributed by atoms with Gasteiger partial charge < -0.3 is 15.0 Å².